The highest BCUT2D eigenvalue weighted by molar-refractivity contribution is 6.07. The Morgan fingerprint density at radius 3 is 2.44 bits per heavy atom. The summed E-state index contributed by atoms with van der Waals surface area (Å²) in [5, 5.41) is 12.0. The topological polar surface area (TPSA) is 65.2 Å². The Balaban J connectivity index is 2.66. The molecule has 0 unspecified atom stereocenters. The number of carbonyl (C=O) groups excluding carboxylic acids is 1. The van der Waals surface area contributed by atoms with Crippen LogP contribution in [0.15, 0.2) is 18.2 Å². The average molecular weight is 220 g/mol. The molecule has 0 atom stereocenters. The van der Waals surface area contributed by atoms with Gasteiger partial charge in [-0.1, -0.05) is 6.07 Å². The molecule has 5 heteroatoms. The first-order valence-corrected chi connectivity index (χ1v) is 5.20. The molecule has 0 aliphatic carbocycles. The SMILES string of the molecule is CNc1cccc2c1C(NC)(NC)C(=O)N2. The number of hydrogen-bond acceptors (Lipinski definition) is 4. The van der Waals surface area contributed by atoms with Gasteiger partial charge >= 0.3 is 0 Å². The van der Waals surface area contributed by atoms with E-state index in [0.717, 1.165) is 16.9 Å². The van der Waals surface area contributed by atoms with Crippen LogP contribution in [0.2, 0.25) is 0 Å². The van der Waals surface area contributed by atoms with Gasteiger partial charge in [-0.15, -0.1) is 0 Å². The zero-order chi connectivity index (χ0) is 11.8. The fourth-order valence-corrected chi connectivity index (χ4v) is 2.20. The number of amides is 1. The van der Waals surface area contributed by atoms with Crippen molar-refractivity contribution < 1.29 is 4.79 Å². The van der Waals surface area contributed by atoms with E-state index in [2.05, 4.69) is 21.3 Å². The average Bonchev–Trinajstić information content (AvgIpc) is 2.61. The smallest absolute Gasteiger partial charge is 0.264 e. The van der Waals surface area contributed by atoms with Gasteiger partial charge in [0, 0.05) is 24.0 Å². The maximum atomic E-state index is 12.0. The Labute approximate surface area is 94.6 Å². The first kappa shape index (κ1) is 10.9. The maximum Gasteiger partial charge on any atom is 0.264 e. The first-order valence-electron chi connectivity index (χ1n) is 5.20. The number of rotatable bonds is 3. The van der Waals surface area contributed by atoms with Gasteiger partial charge in [-0.3, -0.25) is 15.4 Å². The molecule has 0 fully saturated rings. The second-order valence-corrected chi connectivity index (χ2v) is 3.68. The third-order valence-electron chi connectivity index (χ3n) is 3.05. The number of anilines is 2. The fourth-order valence-electron chi connectivity index (χ4n) is 2.20. The molecule has 0 saturated carbocycles. The van der Waals surface area contributed by atoms with Crippen LogP contribution in [0, 0.1) is 0 Å². The molecule has 1 aliphatic heterocycles. The second kappa shape index (κ2) is 3.77. The second-order valence-electron chi connectivity index (χ2n) is 3.68. The molecular weight excluding hydrogens is 204 g/mol. The molecule has 0 saturated heterocycles. The standard InChI is InChI=1S/C11H16N4O/c1-12-7-5-4-6-8-9(7)11(13-2,14-3)10(16)15-8/h4-6,12-14H,1-3H3,(H,15,16). The Morgan fingerprint density at radius 1 is 1.19 bits per heavy atom. The number of hydrogen-bond donors (Lipinski definition) is 4. The van der Waals surface area contributed by atoms with Gasteiger partial charge in [0.15, 0.2) is 5.66 Å². The number of likely N-dealkylation sites (N-methyl/N-ethyl adjacent to an activating group) is 2. The van der Waals surface area contributed by atoms with Crippen molar-refractivity contribution in [1.29, 1.82) is 0 Å². The highest BCUT2D eigenvalue weighted by Gasteiger charge is 2.46. The molecule has 0 aromatic heterocycles. The van der Waals surface area contributed by atoms with E-state index in [-0.39, 0.29) is 5.91 Å². The molecule has 1 aromatic rings. The van der Waals surface area contributed by atoms with Crippen LogP contribution in [0.3, 0.4) is 0 Å². The normalized spacial score (nSPS) is 16.8. The van der Waals surface area contributed by atoms with E-state index in [1.165, 1.54) is 0 Å². The molecule has 1 amide bonds. The summed E-state index contributed by atoms with van der Waals surface area (Å²) < 4.78 is 0. The summed E-state index contributed by atoms with van der Waals surface area (Å²) in [6.45, 7) is 0. The number of fused-ring (bicyclic) bond motifs is 1. The van der Waals surface area contributed by atoms with Gasteiger partial charge in [-0.25, -0.2) is 0 Å². The van der Waals surface area contributed by atoms with Crippen LogP contribution in [0.25, 0.3) is 0 Å². The van der Waals surface area contributed by atoms with Crippen molar-refractivity contribution in [1.82, 2.24) is 10.6 Å². The van der Waals surface area contributed by atoms with Crippen molar-refractivity contribution in [2.75, 3.05) is 31.8 Å². The van der Waals surface area contributed by atoms with Crippen LogP contribution in [0.1, 0.15) is 5.56 Å². The number of carbonyl (C=O) groups is 1. The minimum Gasteiger partial charge on any atom is -0.388 e. The van der Waals surface area contributed by atoms with Crippen molar-refractivity contribution in [2.24, 2.45) is 0 Å². The molecule has 5 nitrogen and oxygen atoms in total. The number of benzene rings is 1. The zero-order valence-corrected chi connectivity index (χ0v) is 9.64. The summed E-state index contributed by atoms with van der Waals surface area (Å²) in [6.07, 6.45) is 0. The molecule has 0 spiro atoms. The predicted molar refractivity (Wildman–Crippen MR) is 64.4 cm³/mol. The lowest BCUT2D eigenvalue weighted by molar-refractivity contribution is -0.122. The third kappa shape index (κ3) is 1.22. The molecule has 1 aliphatic rings. The summed E-state index contributed by atoms with van der Waals surface area (Å²) in [4.78, 5) is 12.0. The van der Waals surface area contributed by atoms with E-state index in [4.69, 9.17) is 0 Å². The van der Waals surface area contributed by atoms with Gasteiger partial charge in [0.25, 0.3) is 5.91 Å². The van der Waals surface area contributed by atoms with Crippen LogP contribution >= 0.6 is 0 Å². The predicted octanol–water partition coefficient (Wildman–Crippen LogP) is 0.272. The largest absolute Gasteiger partial charge is 0.388 e. The fraction of sp³-hybridized carbons (Fsp3) is 0.364. The quantitative estimate of drug-likeness (QED) is 0.552. The number of nitrogens with one attached hydrogen (secondary N) is 4. The van der Waals surface area contributed by atoms with Crippen LogP contribution < -0.4 is 21.3 Å². The van der Waals surface area contributed by atoms with Gasteiger partial charge in [-0.2, -0.15) is 0 Å². The minimum absolute atomic E-state index is 0.0878. The summed E-state index contributed by atoms with van der Waals surface area (Å²) in [6, 6.07) is 5.75. The van der Waals surface area contributed by atoms with Crippen molar-refractivity contribution in [3.05, 3.63) is 23.8 Å². The molecule has 1 aromatic carbocycles. The molecule has 4 N–H and O–H groups in total. The van der Waals surface area contributed by atoms with Crippen molar-refractivity contribution in [3.8, 4) is 0 Å². The monoisotopic (exact) mass is 220 g/mol. The van der Waals surface area contributed by atoms with E-state index >= 15 is 0 Å². The Morgan fingerprint density at radius 2 is 1.88 bits per heavy atom. The molecule has 0 bridgehead atoms. The first-order chi connectivity index (χ1) is 7.69. The minimum atomic E-state index is -0.852. The molecule has 16 heavy (non-hydrogen) atoms. The Bertz CT molecular complexity index is 426. The molecular formula is C11H16N4O. The lowest BCUT2D eigenvalue weighted by atomic mass is 9.99. The Hall–Kier alpha value is -1.59. The van der Waals surface area contributed by atoms with Gasteiger partial charge in [0.2, 0.25) is 0 Å². The summed E-state index contributed by atoms with van der Waals surface area (Å²) in [5.74, 6) is -0.0878. The van der Waals surface area contributed by atoms with Gasteiger partial charge < -0.3 is 10.6 Å². The highest BCUT2D eigenvalue weighted by atomic mass is 16.2. The molecule has 0 radical (unpaired) electrons. The van der Waals surface area contributed by atoms with Gasteiger partial charge in [0.05, 0.1) is 0 Å². The maximum absolute atomic E-state index is 12.0. The summed E-state index contributed by atoms with van der Waals surface area (Å²) in [7, 11) is 5.36. The summed E-state index contributed by atoms with van der Waals surface area (Å²) in [5.41, 5.74) is 1.82. The lowest BCUT2D eigenvalue weighted by Crippen LogP contribution is -2.56. The summed E-state index contributed by atoms with van der Waals surface area (Å²) >= 11 is 0. The van der Waals surface area contributed by atoms with Crippen molar-refractivity contribution in [2.45, 2.75) is 5.66 Å². The van der Waals surface area contributed by atoms with E-state index < -0.39 is 5.66 Å². The van der Waals surface area contributed by atoms with Crippen LogP contribution in [0.4, 0.5) is 11.4 Å². The van der Waals surface area contributed by atoms with E-state index in [9.17, 15) is 4.79 Å². The Kier molecular flexibility index (Phi) is 2.57. The van der Waals surface area contributed by atoms with E-state index in [1.54, 1.807) is 14.1 Å². The van der Waals surface area contributed by atoms with Crippen LogP contribution in [-0.4, -0.2) is 27.1 Å². The van der Waals surface area contributed by atoms with Crippen LogP contribution in [-0.2, 0) is 10.5 Å². The zero-order valence-electron chi connectivity index (χ0n) is 9.64. The molecule has 1 heterocycles. The molecule has 86 valence electrons. The third-order valence-corrected chi connectivity index (χ3v) is 3.05. The van der Waals surface area contributed by atoms with Crippen LogP contribution in [0.5, 0.6) is 0 Å². The van der Waals surface area contributed by atoms with E-state index in [0.29, 0.717) is 0 Å². The van der Waals surface area contributed by atoms with Gasteiger partial charge in [0.1, 0.15) is 0 Å². The molecule has 2 rings (SSSR count). The highest BCUT2D eigenvalue weighted by Crippen LogP contribution is 2.38. The lowest BCUT2D eigenvalue weighted by Gasteiger charge is -2.27. The van der Waals surface area contributed by atoms with Crippen molar-refractivity contribution in [3.63, 3.8) is 0 Å². The van der Waals surface area contributed by atoms with E-state index in [1.807, 2.05) is 25.2 Å². The van der Waals surface area contributed by atoms with Gasteiger partial charge in [-0.05, 0) is 26.2 Å². The van der Waals surface area contributed by atoms with Crippen molar-refractivity contribution >= 4 is 17.3 Å².